The van der Waals surface area contributed by atoms with Crippen molar-refractivity contribution in [3.63, 3.8) is 0 Å². The van der Waals surface area contributed by atoms with Gasteiger partial charge in [0.2, 0.25) is 0 Å². The average Bonchev–Trinajstić information content (AvgIpc) is 2.96. The van der Waals surface area contributed by atoms with E-state index in [1.807, 2.05) is 47.9 Å². The second-order valence-electron chi connectivity index (χ2n) is 5.47. The third-order valence-electron chi connectivity index (χ3n) is 3.77. The van der Waals surface area contributed by atoms with E-state index in [2.05, 4.69) is 4.74 Å². The van der Waals surface area contributed by atoms with Crippen LogP contribution >= 0.6 is 0 Å². The molecule has 0 aliphatic carbocycles. The van der Waals surface area contributed by atoms with Crippen LogP contribution in [0.3, 0.4) is 0 Å². The lowest BCUT2D eigenvalue weighted by Crippen LogP contribution is -2.16. The van der Waals surface area contributed by atoms with Crippen molar-refractivity contribution in [3.05, 3.63) is 66.4 Å². The molecule has 0 bridgehead atoms. The first-order valence-electron chi connectivity index (χ1n) is 7.56. The first kappa shape index (κ1) is 17.0. The Bertz CT molecular complexity index is 867. The summed E-state index contributed by atoms with van der Waals surface area (Å²) in [5.41, 5.74) is 3.56. The molecule has 0 atom stereocenters. The van der Waals surface area contributed by atoms with E-state index in [0.717, 1.165) is 28.4 Å². The number of alkyl halides is 3. The van der Waals surface area contributed by atoms with Gasteiger partial charge in [0, 0.05) is 17.4 Å². The monoisotopic (exact) mass is 347 g/mol. The van der Waals surface area contributed by atoms with Crippen molar-refractivity contribution in [2.45, 2.75) is 13.3 Å². The van der Waals surface area contributed by atoms with Crippen molar-refractivity contribution in [1.29, 1.82) is 0 Å². The molecule has 6 heteroatoms. The molecule has 1 heterocycles. The van der Waals surface area contributed by atoms with Crippen LogP contribution in [0, 0.1) is 6.92 Å². The van der Waals surface area contributed by atoms with Crippen LogP contribution in [0.5, 0.6) is 11.5 Å². The Hall–Kier alpha value is -2.89. The Balaban J connectivity index is 1.99. The number of methoxy groups -OCH3 is 1. The van der Waals surface area contributed by atoms with Gasteiger partial charge in [-0.05, 0) is 61.0 Å². The first-order valence-corrected chi connectivity index (χ1v) is 7.56. The third-order valence-corrected chi connectivity index (χ3v) is 3.77. The minimum atomic E-state index is -4.70. The average molecular weight is 347 g/mol. The van der Waals surface area contributed by atoms with Crippen LogP contribution in [-0.4, -0.2) is 18.0 Å². The number of benzene rings is 2. The summed E-state index contributed by atoms with van der Waals surface area (Å²) in [5.74, 6) is 0.484. The number of hydrogen-bond acceptors (Lipinski definition) is 2. The van der Waals surface area contributed by atoms with Crippen LogP contribution < -0.4 is 9.47 Å². The highest BCUT2D eigenvalue weighted by Crippen LogP contribution is 2.30. The lowest BCUT2D eigenvalue weighted by Gasteiger charge is -2.14. The fraction of sp³-hybridized carbons (Fsp3) is 0.158. The van der Waals surface area contributed by atoms with Gasteiger partial charge in [0.1, 0.15) is 11.5 Å². The second kappa shape index (κ2) is 6.55. The van der Waals surface area contributed by atoms with E-state index in [9.17, 15) is 13.2 Å². The fourth-order valence-corrected chi connectivity index (χ4v) is 2.68. The molecule has 0 fully saturated rings. The number of rotatable bonds is 4. The molecule has 3 aromatic rings. The molecule has 0 aliphatic heterocycles. The molecule has 130 valence electrons. The Labute approximate surface area is 143 Å². The summed E-state index contributed by atoms with van der Waals surface area (Å²) in [6.45, 7) is 1.96. The Morgan fingerprint density at radius 1 is 0.880 bits per heavy atom. The highest BCUT2D eigenvalue weighted by Gasteiger charge is 2.31. The molecular weight excluding hydrogens is 331 g/mol. The molecule has 3 rings (SSSR count). The molecule has 0 radical (unpaired) electrons. The zero-order valence-electron chi connectivity index (χ0n) is 13.7. The summed E-state index contributed by atoms with van der Waals surface area (Å²) >= 11 is 0. The van der Waals surface area contributed by atoms with Crippen LogP contribution in [0.2, 0.25) is 0 Å². The van der Waals surface area contributed by atoms with Crippen LogP contribution in [-0.2, 0) is 0 Å². The molecule has 0 aliphatic rings. The summed E-state index contributed by atoms with van der Waals surface area (Å²) in [5, 5.41) is 0. The number of nitrogens with zero attached hydrogens (tertiary/aromatic N) is 1. The molecule has 1 aromatic heterocycles. The fourth-order valence-electron chi connectivity index (χ4n) is 2.68. The largest absolute Gasteiger partial charge is 0.573 e. The molecule has 25 heavy (non-hydrogen) atoms. The molecule has 2 aromatic carbocycles. The van der Waals surface area contributed by atoms with Gasteiger partial charge in [0.15, 0.2) is 0 Å². The van der Waals surface area contributed by atoms with E-state index in [-0.39, 0.29) is 5.75 Å². The molecule has 0 N–H and O–H groups in total. The topological polar surface area (TPSA) is 23.4 Å². The van der Waals surface area contributed by atoms with Crippen molar-refractivity contribution >= 4 is 0 Å². The summed E-state index contributed by atoms with van der Waals surface area (Å²) in [6.07, 6.45) is -4.70. The predicted octanol–water partition coefficient (Wildman–Crippen LogP) is 5.36. The predicted molar refractivity (Wildman–Crippen MR) is 89.2 cm³/mol. The van der Waals surface area contributed by atoms with E-state index in [1.165, 1.54) is 12.1 Å². The maximum atomic E-state index is 12.3. The Kier molecular flexibility index (Phi) is 4.44. The molecule has 0 saturated heterocycles. The van der Waals surface area contributed by atoms with Crippen molar-refractivity contribution < 1.29 is 22.6 Å². The van der Waals surface area contributed by atoms with E-state index in [0.29, 0.717) is 0 Å². The number of hydrogen-bond donors (Lipinski definition) is 0. The Morgan fingerprint density at radius 2 is 1.60 bits per heavy atom. The van der Waals surface area contributed by atoms with Crippen LogP contribution in [0.1, 0.15) is 5.69 Å². The van der Waals surface area contributed by atoms with Crippen molar-refractivity contribution in [1.82, 2.24) is 4.57 Å². The smallest absolute Gasteiger partial charge is 0.497 e. The van der Waals surface area contributed by atoms with E-state index >= 15 is 0 Å². The van der Waals surface area contributed by atoms with Crippen molar-refractivity contribution in [2.24, 2.45) is 0 Å². The standard InChI is InChI=1S/C19H16F3NO2/c1-13-6-11-18(23(13)15-4-3-5-17(12-15)24-2)14-7-9-16(10-8-14)25-19(20,21)22/h3-12H,1-2H3. The molecular formula is C19H16F3NO2. The SMILES string of the molecule is COc1cccc(-n2c(C)ccc2-c2ccc(OC(F)(F)F)cc2)c1. The molecule has 0 saturated carbocycles. The van der Waals surface area contributed by atoms with Gasteiger partial charge in [0.05, 0.1) is 12.8 Å². The molecule has 0 amide bonds. The van der Waals surface area contributed by atoms with E-state index in [4.69, 9.17) is 4.74 Å². The molecule has 0 unspecified atom stereocenters. The maximum absolute atomic E-state index is 12.3. The minimum Gasteiger partial charge on any atom is -0.497 e. The van der Waals surface area contributed by atoms with Gasteiger partial charge in [-0.15, -0.1) is 13.2 Å². The van der Waals surface area contributed by atoms with Gasteiger partial charge in [0.25, 0.3) is 0 Å². The Morgan fingerprint density at radius 3 is 2.24 bits per heavy atom. The maximum Gasteiger partial charge on any atom is 0.573 e. The summed E-state index contributed by atoms with van der Waals surface area (Å²) in [7, 11) is 1.60. The highest BCUT2D eigenvalue weighted by atomic mass is 19.4. The zero-order chi connectivity index (χ0) is 18.0. The van der Waals surface area contributed by atoms with Crippen LogP contribution in [0.15, 0.2) is 60.7 Å². The summed E-state index contributed by atoms with van der Waals surface area (Å²) < 4.78 is 48.1. The minimum absolute atomic E-state index is 0.243. The van der Waals surface area contributed by atoms with Crippen LogP contribution in [0.25, 0.3) is 16.9 Å². The highest BCUT2D eigenvalue weighted by molar-refractivity contribution is 5.65. The van der Waals surface area contributed by atoms with Gasteiger partial charge < -0.3 is 14.0 Å². The zero-order valence-corrected chi connectivity index (χ0v) is 13.7. The van der Waals surface area contributed by atoms with E-state index < -0.39 is 6.36 Å². The van der Waals surface area contributed by atoms with Gasteiger partial charge in [-0.1, -0.05) is 6.07 Å². The van der Waals surface area contributed by atoms with Crippen LogP contribution in [0.4, 0.5) is 13.2 Å². The second-order valence-corrected chi connectivity index (χ2v) is 5.47. The first-order chi connectivity index (χ1) is 11.9. The number of halogens is 3. The van der Waals surface area contributed by atoms with E-state index in [1.54, 1.807) is 19.2 Å². The molecule has 0 spiro atoms. The normalized spacial score (nSPS) is 11.4. The summed E-state index contributed by atoms with van der Waals surface area (Å²) in [4.78, 5) is 0. The van der Waals surface area contributed by atoms with Gasteiger partial charge >= 0.3 is 6.36 Å². The number of ether oxygens (including phenoxy) is 2. The van der Waals surface area contributed by atoms with Crippen molar-refractivity contribution in [3.8, 4) is 28.4 Å². The van der Waals surface area contributed by atoms with Gasteiger partial charge in [-0.3, -0.25) is 0 Å². The molecule has 3 nitrogen and oxygen atoms in total. The quantitative estimate of drug-likeness (QED) is 0.634. The van der Waals surface area contributed by atoms with Gasteiger partial charge in [-0.2, -0.15) is 0 Å². The number of aromatic nitrogens is 1. The lowest BCUT2D eigenvalue weighted by atomic mass is 10.1. The third kappa shape index (κ3) is 3.79. The lowest BCUT2D eigenvalue weighted by molar-refractivity contribution is -0.274. The van der Waals surface area contributed by atoms with Crippen molar-refractivity contribution in [2.75, 3.05) is 7.11 Å². The number of aryl methyl sites for hydroxylation is 1. The van der Waals surface area contributed by atoms with Gasteiger partial charge in [-0.25, -0.2) is 0 Å². The summed E-state index contributed by atoms with van der Waals surface area (Å²) in [6, 6.07) is 17.3.